The van der Waals surface area contributed by atoms with E-state index in [4.69, 9.17) is 23.3 Å². The van der Waals surface area contributed by atoms with Crippen molar-refractivity contribution in [2.24, 2.45) is 0 Å². The maximum Gasteiger partial charge on any atom is 0.472 e. The van der Waals surface area contributed by atoms with Crippen molar-refractivity contribution in [3.63, 3.8) is 0 Å². The van der Waals surface area contributed by atoms with Gasteiger partial charge in [0.2, 0.25) is 0 Å². The van der Waals surface area contributed by atoms with E-state index < -0.39 is 57.8 Å². The molecule has 444 valence electrons. The molecule has 0 aliphatic rings. The zero-order chi connectivity index (χ0) is 55.5. The van der Waals surface area contributed by atoms with Crippen LogP contribution in [0.5, 0.6) is 0 Å². The van der Waals surface area contributed by atoms with Crippen LogP contribution in [0, 0.1) is 0 Å². The highest BCUT2D eigenvalue weighted by Crippen LogP contribution is 2.43. The molecule has 0 fully saturated rings. The molecular formula is C64H117O11P. The SMILES string of the molecule is CC/C=C\C/C=C\C/C=C\C/C=C\CCCCC(=O)OC(CO)COP(=O)(O)OCC(COC(=O)CCCCCCCCCCCCCCCCC)OC(=O)CCCCCCCCCCCCCCCCCCCCC. The second-order valence-electron chi connectivity index (χ2n) is 21.2. The first-order valence-corrected chi connectivity index (χ1v) is 33.0. The lowest BCUT2D eigenvalue weighted by Crippen LogP contribution is -2.30. The van der Waals surface area contributed by atoms with Gasteiger partial charge in [0.1, 0.15) is 12.7 Å². The number of allylic oxidation sites excluding steroid dienone is 8. The molecule has 0 aromatic rings. The van der Waals surface area contributed by atoms with E-state index in [9.17, 15) is 28.9 Å². The molecule has 2 N–H and O–H groups in total. The average Bonchev–Trinajstić information content (AvgIpc) is 3.41. The van der Waals surface area contributed by atoms with Gasteiger partial charge < -0.3 is 24.2 Å². The fraction of sp³-hybridized carbons (Fsp3) is 0.828. The minimum absolute atomic E-state index is 0.127. The summed E-state index contributed by atoms with van der Waals surface area (Å²) in [4.78, 5) is 48.7. The van der Waals surface area contributed by atoms with E-state index in [1.165, 1.54) is 167 Å². The molecule has 3 atom stereocenters. The Hall–Kier alpha value is -2.56. The fourth-order valence-electron chi connectivity index (χ4n) is 9.00. The third-order valence-corrected chi connectivity index (χ3v) is 14.7. The molecular weight excluding hydrogens is 976 g/mol. The first kappa shape index (κ1) is 73.4. The molecule has 11 nitrogen and oxygen atoms in total. The molecule has 0 heterocycles. The molecule has 0 saturated heterocycles. The van der Waals surface area contributed by atoms with Gasteiger partial charge >= 0.3 is 25.7 Å². The van der Waals surface area contributed by atoms with Gasteiger partial charge in [-0.3, -0.25) is 23.4 Å². The molecule has 0 saturated carbocycles. The van der Waals surface area contributed by atoms with Crippen LogP contribution < -0.4 is 0 Å². The Bertz CT molecular complexity index is 1460. The maximum absolute atomic E-state index is 12.9. The van der Waals surface area contributed by atoms with Crippen LogP contribution >= 0.6 is 7.82 Å². The van der Waals surface area contributed by atoms with E-state index >= 15 is 0 Å². The van der Waals surface area contributed by atoms with Crippen LogP contribution in [0.3, 0.4) is 0 Å². The number of hydrogen-bond acceptors (Lipinski definition) is 10. The summed E-state index contributed by atoms with van der Waals surface area (Å²) < 4.78 is 39.6. The molecule has 0 spiro atoms. The summed E-state index contributed by atoms with van der Waals surface area (Å²) in [6.07, 6.45) is 63.6. The van der Waals surface area contributed by atoms with Crippen molar-refractivity contribution < 1.29 is 52.2 Å². The minimum Gasteiger partial charge on any atom is -0.462 e. The Morgan fingerprint density at radius 1 is 0.382 bits per heavy atom. The van der Waals surface area contributed by atoms with Crippen molar-refractivity contribution in [1.82, 2.24) is 0 Å². The number of ether oxygens (including phenoxy) is 3. The summed E-state index contributed by atoms with van der Waals surface area (Å²) in [6, 6.07) is 0. The van der Waals surface area contributed by atoms with Crippen molar-refractivity contribution in [2.45, 2.75) is 315 Å². The Labute approximate surface area is 466 Å². The van der Waals surface area contributed by atoms with Crippen molar-refractivity contribution in [3.05, 3.63) is 48.6 Å². The number of aliphatic hydroxyl groups is 1. The number of carbonyl (C=O) groups is 3. The van der Waals surface area contributed by atoms with Gasteiger partial charge in [-0.2, -0.15) is 0 Å². The fourth-order valence-corrected chi connectivity index (χ4v) is 9.78. The zero-order valence-electron chi connectivity index (χ0n) is 49.2. The highest BCUT2D eigenvalue weighted by molar-refractivity contribution is 7.47. The highest BCUT2D eigenvalue weighted by Gasteiger charge is 2.28. The van der Waals surface area contributed by atoms with Crippen LogP contribution in [0.1, 0.15) is 303 Å². The van der Waals surface area contributed by atoms with E-state index in [2.05, 4.69) is 69.4 Å². The van der Waals surface area contributed by atoms with Gasteiger partial charge in [0.05, 0.1) is 19.8 Å². The van der Waals surface area contributed by atoms with Crippen molar-refractivity contribution in [3.8, 4) is 0 Å². The second kappa shape index (κ2) is 58.6. The minimum atomic E-state index is -4.76. The normalized spacial score (nSPS) is 13.6. The molecule has 0 aromatic carbocycles. The molecule has 12 heteroatoms. The summed E-state index contributed by atoms with van der Waals surface area (Å²) in [5.74, 6) is -1.48. The summed E-state index contributed by atoms with van der Waals surface area (Å²) in [5.41, 5.74) is 0. The summed E-state index contributed by atoms with van der Waals surface area (Å²) in [6.45, 7) is 4.55. The number of unbranched alkanes of at least 4 members (excludes halogenated alkanes) is 34. The van der Waals surface area contributed by atoms with Crippen molar-refractivity contribution in [1.29, 1.82) is 0 Å². The molecule has 0 aromatic heterocycles. The number of phosphoric ester groups is 1. The third-order valence-electron chi connectivity index (χ3n) is 13.8. The van der Waals surface area contributed by atoms with E-state index in [1.54, 1.807) is 0 Å². The number of hydrogen-bond donors (Lipinski definition) is 2. The number of aliphatic hydroxyl groups excluding tert-OH is 1. The smallest absolute Gasteiger partial charge is 0.462 e. The Balaban J connectivity index is 4.70. The largest absolute Gasteiger partial charge is 0.472 e. The predicted octanol–water partition coefficient (Wildman–Crippen LogP) is 18.9. The first-order valence-electron chi connectivity index (χ1n) is 31.5. The van der Waals surface area contributed by atoms with Gasteiger partial charge in [-0.15, -0.1) is 0 Å². The Morgan fingerprint density at radius 2 is 0.684 bits per heavy atom. The topological polar surface area (TPSA) is 155 Å². The molecule has 0 aliphatic heterocycles. The van der Waals surface area contributed by atoms with Crippen molar-refractivity contribution in [2.75, 3.05) is 26.4 Å². The van der Waals surface area contributed by atoms with Gasteiger partial charge in [-0.05, 0) is 57.8 Å². The molecule has 0 aliphatic carbocycles. The third kappa shape index (κ3) is 56.2. The van der Waals surface area contributed by atoms with Crippen LogP contribution in [0.25, 0.3) is 0 Å². The first-order chi connectivity index (χ1) is 37.2. The van der Waals surface area contributed by atoms with Gasteiger partial charge in [0.25, 0.3) is 0 Å². The molecule has 0 bridgehead atoms. The number of esters is 3. The summed E-state index contributed by atoms with van der Waals surface area (Å²) in [7, 11) is -4.76. The Morgan fingerprint density at radius 3 is 1.05 bits per heavy atom. The van der Waals surface area contributed by atoms with Crippen LogP contribution in [0.4, 0.5) is 0 Å². The zero-order valence-corrected chi connectivity index (χ0v) is 50.1. The maximum atomic E-state index is 12.9. The van der Waals surface area contributed by atoms with E-state index in [0.717, 1.165) is 77.0 Å². The number of rotatable bonds is 59. The molecule has 0 radical (unpaired) electrons. The van der Waals surface area contributed by atoms with Gasteiger partial charge in [0, 0.05) is 19.3 Å². The number of phosphoric acid groups is 1. The van der Waals surface area contributed by atoms with E-state index in [1.807, 2.05) is 0 Å². The van der Waals surface area contributed by atoms with Gasteiger partial charge in [0.15, 0.2) is 6.10 Å². The van der Waals surface area contributed by atoms with Gasteiger partial charge in [-0.25, -0.2) is 4.57 Å². The summed E-state index contributed by atoms with van der Waals surface area (Å²) >= 11 is 0. The lowest BCUT2D eigenvalue weighted by Gasteiger charge is -2.21. The van der Waals surface area contributed by atoms with Crippen LogP contribution in [-0.4, -0.2) is 66.5 Å². The van der Waals surface area contributed by atoms with E-state index in [0.29, 0.717) is 19.3 Å². The van der Waals surface area contributed by atoms with Crippen molar-refractivity contribution >= 4 is 25.7 Å². The quantitative estimate of drug-likeness (QED) is 0.0197. The monoisotopic (exact) mass is 1090 g/mol. The van der Waals surface area contributed by atoms with Crippen LogP contribution in [-0.2, 0) is 42.2 Å². The van der Waals surface area contributed by atoms with Gasteiger partial charge in [-0.1, -0.05) is 275 Å². The molecule has 0 rings (SSSR count). The van der Waals surface area contributed by atoms with Crippen LogP contribution in [0.2, 0.25) is 0 Å². The molecule has 3 unspecified atom stereocenters. The number of carbonyl (C=O) groups excluding carboxylic acids is 3. The lowest BCUT2D eigenvalue weighted by atomic mass is 10.0. The molecule has 0 amide bonds. The standard InChI is InChI=1S/C64H117O11P/c1-4-7-10-13-16-19-22-25-28-29-30-31-34-37-40-43-46-49-52-55-64(68)75-61(57-71-62(66)53-50-47-44-41-38-35-32-26-23-20-17-14-11-8-5-2)59-73-76(69,70)72-58-60(56-65)74-63(67)54-51-48-45-42-39-36-33-27-24-21-18-15-12-9-6-3/h9,12,18,21,27,33,39,42,60-61,65H,4-8,10-11,13-17,19-20,22-26,28-32,34-38,40-41,43-59H2,1-3H3,(H,69,70)/b12-9-,21-18-,33-27-,42-39-. The van der Waals surface area contributed by atoms with Crippen LogP contribution in [0.15, 0.2) is 48.6 Å². The Kier molecular flexibility index (Phi) is 56.6. The lowest BCUT2D eigenvalue weighted by molar-refractivity contribution is -0.161. The average molecular weight is 1090 g/mol. The van der Waals surface area contributed by atoms with E-state index in [-0.39, 0.29) is 25.9 Å². The summed E-state index contributed by atoms with van der Waals surface area (Å²) in [5, 5.41) is 9.83. The predicted molar refractivity (Wildman–Crippen MR) is 316 cm³/mol. The molecule has 76 heavy (non-hydrogen) atoms. The highest BCUT2D eigenvalue weighted by atomic mass is 31.2. The second-order valence-corrected chi connectivity index (χ2v) is 22.7.